The van der Waals surface area contributed by atoms with Gasteiger partial charge in [-0.1, -0.05) is 13.8 Å². The molecule has 0 unspecified atom stereocenters. The quantitative estimate of drug-likeness (QED) is 0.255. The van der Waals surface area contributed by atoms with Crippen LogP contribution in [-0.2, 0) is 0 Å². The SMILES string of the molecule is CCN(C)CC/N=C/c1c(O)c(C)c(O)c2nc3c(C(=O)NCCN(C)CC)ccc(O)c3nc12. The lowest BCUT2D eigenvalue weighted by Gasteiger charge is -2.15. The Bertz CT molecular complexity index is 1260. The summed E-state index contributed by atoms with van der Waals surface area (Å²) in [5.41, 5.74) is 1.31. The normalized spacial score (nSPS) is 12.0. The molecule has 0 saturated heterocycles. The largest absolute Gasteiger partial charge is 0.507 e. The smallest absolute Gasteiger partial charge is 0.253 e. The Hall–Kier alpha value is -3.50. The van der Waals surface area contributed by atoms with Crippen molar-refractivity contribution in [2.24, 2.45) is 4.99 Å². The van der Waals surface area contributed by atoms with Crippen LogP contribution in [0.4, 0.5) is 0 Å². The maximum Gasteiger partial charge on any atom is 0.253 e. The number of aromatic hydroxyl groups is 3. The van der Waals surface area contributed by atoms with Crippen molar-refractivity contribution in [3.05, 3.63) is 28.8 Å². The molecule has 0 bridgehead atoms. The molecule has 0 saturated carbocycles. The number of nitrogens with zero attached hydrogens (tertiary/aromatic N) is 5. The first-order valence-electron chi connectivity index (χ1n) is 11.7. The van der Waals surface area contributed by atoms with Crippen LogP contribution in [0, 0.1) is 6.92 Å². The van der Waals surface area contributed by atoms with Crippen LogP contribution in [0.2, 0.25) is 0 Å². The van der Waals surface area contributed by atoms with Crippen LogP contribution in [0.5, 0.6) is 17.2 Å². The molecule has 0 fully saturated rings. The molecule has 35 heavy (non-hydrogen) atoms. The predicted octanol–water partition coefficient (Wildman–Crippen LogP) is 2.26. The second-order valence-corrected chi connectivity index (χ2v) is 8.57. The van der Waals surface area contributed by atoms with Gasteiger partial charge in [-0.05, 0) is 46.2 Å². The molecule has 10 heteroatoms. The van der Waals surface area contributed by atoms with Crippen molar-refractivity contribution >= 4 is 34.2 Å². The maximum atomic E-state index is 12.9. The molecule has 0 aliphatic rings. The number of aromatic nitrogens is 2. The van der Waals surface area contributed by atoms with E-state index in [0.717, 1.165) is 19.6 Å². The van der Waals surface area contributed by atoms with Crippen LogP contribution in [0.25, 0.3) is 22.1 Å². The number of aliphatic imine (C=N–C) groups is 1. The molecule has 0 spiro atoms. The molecule has 4 N–H and O–H groups in total. The summed E-state index contributed by atoms with van der Waals surface area (Å²) < 4.78 is 0. The second-order valence-electron chi connectivity index (χ2n) is 8.57. The average molecular weight is 483 g/mol. The molecular formula is C25H34N6O4. The summed E-state index contributed by atoms with van der Waals surface area (Å²) in [5.74, 6) is -0.924. The highest BCUT2D eigenvalue weighted by molar-refractivity contribution is 6.10. The van der Waals surface area contributed by atoms with Gasteiger partial charge in [0, 0.05) is 31.4 Å². The van der Waals surface area contributed by atoms with Gasteiger partial charge in [-0.25, -0.2) is 9.97 Å². The van der Waals surface area contributed by atoms with Crippen LogP contribution in [-0.4, -0.2) is 101 Å². The van der Waals surface area contributed by atoms with Gasteiger partial charge in [0.15, 0.2) is 0 Å². The third-order valence-corrected chi connectivity index (χ3v) is 6.18. The minimum Gasteiger partial charge on any atom is -0.507 e. The van der Waals surface area contributed by atoms with Gasteiger partial charge in [0.05, 0.1) is 17.7 Å². The maximum absolute atomic E-state index is 12.9. The van der Waals surface area contributed by atoms with Crippen molar-refractivity contribution in [2.75, 3.05) is 53.4 Å². The first-order chi connectivity index (χ1) is 16.7. The van der Waals surface area contributed by atoms with Gasteiger partial charge in [-0.3, -0.25) is 9.79 Å². The number of likely N-dealkylation sites (N-methyl/N-ethyl adjacent to an activating group) is 2. The Kier molecular flexibility index (Phi) is 8.42. The highest BCUT2D eigenvalue weighted by Gasteiger charge is 2.22. The molecule has 1 aromatic heterocycles. The standard InChI is InChI=1S/C25H34N6O4/c1-6-30(4)12-10-26-14-17-20-22(24(34)15(3)23(17)33)29-19-16(8-9-18(32)21(19)28-20)25(35)27-11-13-31(5)7-2/h8-9,14,32-34H,6-7,10-13H2,1-5H3,(H,27,35)/b26-14+. The molecule has 1 amide bonds. The summed E-state index contributed by atoms with van der Waals surface area (Å²) in [6.45, 7) is 9.79. The van der Waals surface area contributed by atoms with Crippen molar-refractivity contribution in [2.45, 2.75) is 20.8 Å². The van der Waals surface area contributed by atoms with Crippen LogP contribution >= 0.6 is 0 Å². The monoisotopic (exact) mass is 482 g/mol. The van der Waals surface area contributed by atoms with E-state index >= 15 is 0 Å². The summed E-state index contributed by atoms with van der Waals surface area (Å²) in [7, 11) is 3.95. The van der Waals surface area contributed by atoms with Gasteiger partial charge in [0.2, 0.25) is 0 Å². The number of hydrogen-bond acceptors (Lipinski definition) is 9. The minimum atomic E-state index is -0.357. The van der Waals surface area contributed by atoms with Crippen molar-refractivity contribution in [3.63, 3.8) is 0 Å². The van der Waals surface area contributed by atoms with Crippen molar-refractivity contribution in [1.29, 1.82) is 0 Å². The molecule has 3 aromatic rings. The third kappa shape index (κ3) is 5.60. The molecule has 0 aliphatic carbocycles. The lowest BCUT2D eigenvalue weighted by Crippen LogP contribution is -2.33. The van der Waals surface area contributed by atoms with Crippen molar-refractivity contribution < 1.29 is 20.1 Å². The summed E-state index contributed by atoms with van der Waals surface area (Å²) in [6.07, 6.45) is 1.51. The Labute approximate surface area is 204 Å². The van der Waals surface area contributed by atoms with Gasteiger partial charge in [0.1, 0.15) is 39.3 Å². The lowest BCUT2D eigenvalue weighted by molar-refractivity contribution is 0.0951. The molecule has 10 nitrogen and oxygen atoms in total. The van der Waals surface area contributed by atoms with Crippen LogP contribution in [0.3, 0.4) is 0 Å². The lowest BCUT2D eigenvalue weighted by atomic mass is 10.0. The van der Waals surface area contributed by atoms with E-state index in [1.54, 1.807) is 6.92 Å². The topological polar surface area (TPSA) is 134 Å². The van der Waals surface area contributed by atoms with Gasteiger partial charge < -0.3 is 30.4 Å². The molecule has 1 heterocycles. The highest BCUT2D eigenvalue weighted by atomic mass is 16.3. The van der Waals surface area contributed by atoms with E-state index in [2.05, 4.69) is 37.0 Å². The second kappa shape index (κ2) is 11.3. The number of nitrogens with one attached hydrogen (secondary N) is 1. The highest BCUT2D eigenvalue weighted by Crippen LogP contribution is 2.38. The average Bonchev–Trinajstić information content (AvgIpc) is 2.86. The van der Waals surface area contributed by atoms with Gasteiger partial charge in [-0.2, -0.15) is 0 Å². The Morgan fingerprint density at radius 2 is 1.63 bits per heavy atom. The Morgan fingerprint density at radius 1 is 0.971 bits per heavy atom. The Balaban J connectivity index is 2.09. The molecule has 0 atom stereocenters. The van der Waals surface area contributed by atoms with Gasteiger partial charge in [0.25, 0.3) is 5.91 Å². The molecule has 0 aliphatic heterocycles. The van der Waals surface area contributed by atoms with E-state index in [0.29, 0.717) is 25.2 Å². The number of hydrogen-bond donors (Lipinski definition) is 4. The summed E-state index contributed by atoms with van der Waals surface area (Å²) in [5, 5.41) is 34.8. The minimum absolute atomic E-state index is 0.0962. The van der Waals surface area contributed by atoms with E-state index in [9.17, 15) is 20.1 Å². The first kappa shape index (κ1) is 26.1. The fourth-order valence-corrected chi connectivity index (χ4v) is 3.54. The van der Waals surface area contributed by atoms with Crippen molar-refractivity contribution in [3.8, 4) is 17.2 Å². The molecule has 2 aromatic carbocycles. The molecule has 3 rings (SSSR count). The fourth-order valence-electron chi connectivity index (χ4n) is 3.54. The van der Waals surface area contributed by atoms with Crippen LogP contribution in [0.1, 0.15) is 35.3 Å². The number of phenolic OH excluding ortho intramolecular Hbond substituents is 3. The molecular weight excluding hydrogens is 448 g/mol. The fraction of sp³-hybridized carbons (Fsp3) is 0.440. The summed E-state index contributed by atoms with van der Waals surface area (Å²) in [6, 6.07) is 2.87. The van der Waals surface area contributed by atoms with Crippen LogP contribution < -0.4 is 5.32 Å². The zero-order valence-corrected chi connectivity index (χ0v) is 21.0. The zero-order chi connectivity index (χ0) is 25.7. The first-order valence-corrected chi connectivity index (χ1v) is 11.7. The van der Waals surface area contributed by atoms with E-state index in [-0.39, 0.29) is 56.3 Å². The number of phenols is 3. The molecule has 188 valence electrons. The van der Waals surface area contributed by atoms with E-state index in [1.807, 2.05) is 21.0 Å². The van der Waals surface area contributed by atoms with E-state index in [4.69, 9.17) is 0 Å². The third-order valence-electron chi connectivity index (χ3n) is 6.18. The zero-order valence-electron chi connectivity index (χ0n) is 21.0. The summed E-state index contributed by atoms with van der Waals surface area (Å²) >= 11 is 0. The summed E-state index contributed by atoms with van der Waals surface area (Å²) in [4.78, 5) is 30.5. The number of rotatable bonds is 10. The number of amides is 1. The van der Waals surface area contributed by atoms with E-state index in [1.165, 1.54) is 18.3 Å². The van der Waals surface area contributed by atoms with Gasteiger partial charge >= 0.3 is 0 Å². The van der Waals surface area contributed by atoms with E-state index < -0.39 is 0 Å². The molecule has 0 radical (unpaired) electrons. The number of fused-ring (bicyclic) bond motifs is 2. The predicted molar refractivity (Wildman–Crippen MR) is 138 cm³/mol. The van der Waals surface area contributed by atoms with Crippen LogP contribution in [0.15, 0.2) is 17.1 Å². The number of carbonyl (C=O) groups is 1. The van der Waals surface area contributed by atoms with Crippen molar-refractivity contribution in [1.82, 2.24) is 25.1 Å². The Morgan fingerprint density at radius 3 is 2.31 bits per heavy atom. The number of benzene rings is 2. The van der Waals surface area contributed by atoms with Gasteiger partial charge in [-0.15, -0.1) is 0 Å². The number of carbonyl (C=O) groups excluding carboxylic acids is 1.